The average molecular weight is 1800 g/mol. The molecule has 33 heteroatoms. The highest BCUT2D eigenvalue weighted by atomic mass is 35.5. The Labute approximate surface area is 749 Å². The number of benzene rings is 6. The molecule has 0 saturated carbocycles. The van der Waals surface area contributed by atoms with Crippen molar-refractivity contribution in [1.29, 1.82) is 0 Å². The normalized spacial score (nSPS) is 16.4. The standard InChI is InChI=1S/C32H32ClFN6O3.C32H31ClFN5O4.C31H30ClFN6O3/c1-6-22(42)38-13-14-39-19(16-38)15-37(5)29-24-30(26(34)23(25(29)33)20-9-7-8-10-21(20)41)40(32(43)36-31(24)39)28-18(4)11-12-35-27(28)17(2)3;1-5-22(41)37-13-14-38-19(16-37)11-15-43-30-24-29(26(34)23(25(30)33)20-8-6-7-9-21(20)40)39(32(42)36-31(24)38)28-18(4)10-12-35-27(28)17(2)3;1-5-21(41)37-12-13-38-18(15-37)14-35-27-23-29(25(33)22(24(27)32)19-8-6-7-9-20(19)40)39(31(42)36-30(23)38)28-17(4)10-11-34-26(28)16(2)3/h6-12,17,19,41H,1,13-16H2,2-5H3;5-10,12,17,19,40H,1,11,13-16H2,2-4H3;5-11,16,18,35,40H,1,12-15H2,2-4H3. The lowest BCUT2D eigenvalue weighted by Gasteiger charge is -2.43. The maximum Gasteiger partial charge on any atom is 0.354 e. The van der Waals surface area contributed by atoms with Gasteiger partial charge in [-0.15, -0.1) is 0 Å². The zero-order valence-corrected chi connectivity index (χ0v) is 74.3. The van der Waals surface area contributed by atoms with E-state index in [1.807, 2.05) is 89.0 Å². The summed E-state index contributed by atoms with van der Waals surface area (Å²) in [5.74, 6) is -2.61. The van der Waals surface area contributed by atoms with Crippen LogP contribution in [-0.2, 0) is 14.4 Å². The second kappa shape index (κ2) is 35.1. The molecule has 3 atom stereocenters. The summed E-state index contributed by atoms with van der Waals surface area (Å²) in [7, 11) is 1.85. The summed E-state index contributed by atoms with van der Waals surface area (Å²) in [6.45, 7) is 32.4. The Bertz CT molecular complexity index is 6830. The number of nitrogens with one attached hydrogen (secondary N) is 1. The molecule has 6 aliphatic rings. The minimum atomic E-state index is -0.801. The molecular weight excluding hydrogens is 1700 g/mol. The van der Waals surface area contributed by atoms with Gasteiger partial charge in [-0.25, -0.2) is 27.6 Å². The number of aromatic hydroxyl groups is 3. The van der Waals surface area contributed by atoms with Crippen molar-refractivity contribution in [2.45, 2.75) is 105 Å². The number of phenolic OH excluding ortho intramolecular Hbond substituents is 3. The average Bonchev–Trinajstić information content (AvgIpc) is 0.974. The summed E-state index contributed by atoms with van der Waals surface area (Å²) in [4.78, 5) is 120. The Balaban J connectivity index is 0.000000141. The molecule has 6 aromatic carbocycles. The quantitative estimate of drug-likeness (QED) is 0.0826. The Morgan fingerprint density at radius 2 is 0.820 bits per heavy atom. The van der Waals surface area contributed by atoms with E-state index in [1.54, 1.807) is 106 Å². The molecule has 0 radical (unpaired) electrons. The van der Waals surface area contributed by atoms with Gasteiger partial charge in [-0.3, -0.25) is 43.0 Å². The monoisotopic (exact) mass is 1790 g/mol. The van der Waals surface area contributed by atoms with Crippen LogP contribution in [0.25, 0.3) is 83.2 Å². The van der Waals surface area contributed by atoms with E-state index in [0.717, 1.165) is 11.1 Å². The molecule has 0 spiro atoms. The fourth-order valence-electron chi connectivity index (χ4n) is 18.6. The van der Waals surface area contributed by atoms with E-state index >= 15 is 13.2 Å². The number of carbonyl (C=O) groups excluding carboxylic acids is 3. The number of fused-ring (bicyclic) bond motifs is 6. The van der Waals surface area contributed by atoms with Gasteiger partial charge in [0.25, 0.3) is 0 Å². The van der Waals surface area contributed by atoms with Gasteiger partial charge in [0, 0.05) is 137 Å². The molecule has 4 N–H and O–H groups in total. The van der Waals surface area contributed by atoms with Crippen molar-refractivity contribution in [2.75, 3.05) is 111 Å². The summed E-state index contributed by atoms with van der Waals surface area (Å²) < 4.78 is 61.8. The van der Waals surface area contributed by atoms with E-state index in [4.69, 9.17) is 39.5 Å². The first kappa shape index (κ1) is 88.1. The van der Waals surface area contributed by atoms with Crippen LogP contribution in [0.5, 0.6) is 23.0 Å². The van der Waals surface area contributed by atoms with E-state index < -0.39 is 34.5 Å². The Kier molecular flexibility index (Phi) is 24.2. The topological polar surface area (TPSA) is 299 Å². The molecule has 12 aromatic rings. The predicted octanol–water partition coefficient (Wildman–Crippen LogP) is 15.4. The molecule has 18 rings (SSSR count). The largest absolute Gasteiger partial charge is 0.507 e. The molecule has 6 aliphatic heterocycles. The van der Waals surface area contributed by atoms with Crippen LogP contribution >= 0.6 is 34.8 Å². The van der Waals surface area contributed by atoms with Gasteiger partial charge in [-0.05, 0) is 110 Å². The first-order chi connectivity index (χ1) is 61.3. The van der Waals surface area contributed by atoms with E-state index in [1.165, 1.54) is 50.1 Å². The lowest BCUT2D eigenvalue weighted by atomic mass is 9.98. The third-order valence-corrected chi connectivity index (χ3v) is 25.7. The number of phenols is 3. The van der Waals surface area contributed by atoms with Crippen LogP contribution in [0.4, 0.5) is 42.0 Å². The number of anilines is 5. The van der Waals surface area contributed by atoms with Gasteiger partial charge in [-0.1, -0.05) is 151 Å². The number of rotatable bonds is 12. The maximum atomic E-state index is 17.3. The molecule has 27 nitrogen and oxygen atoms in total. The first-order valence-electron chi connectivity index (χ1n) is 42.1. The molecule has 3 amide bonds. The van der Waals surface area contributed by atoms with Gasteiger partial charge in [0.15, 0.2) is 23.2 Å². The third kappa shape index (κ3) is 15.0. The number of hydrogen-bond donors (Lipinski definition) is 4. The number of hydrogen-bond acceptors (Lipinski definition) is 21. The minimum Gasteiger partial charge on any atom is -0.507 e. The zero-order chi connectivity index (χ0) is 91.2. The van der Waals surface area contributed by atoms with Crippen LogP contribution < -0.4 is 46.7 Å². The number of likely N-dealkylation sites (N-methyl/N-ethyl adjacent to an activating group) is 1. The molecule has 6 aromatic heterocycles. The molecular formula is C95H93Cl3F3N17O10. The highest BCUT2D eigenvalue weighted by molar-refractivity contribution is 6.40. The highest BCUT2D eigenvalue weighted by Gasteiger charge is 2.44. The van der Waals surface area contributed by atoms with Crippen molar-refractivity contribution in [3.63, 3.8) is 0 Å². The van der Waals surface area contributed by atoms with E-state index in [9.17, 15) is 44.1 Å². The summed E-state index contributed by atoms with van der Waals surface area (Å²) in [6.07, 6.45) is 9.33. The van der Waals surface area contributed by atoms with Gasteiger partial charge in [-0.2, -0.15) is 15.0 Å². The summed E-state index contributed by atoms with van der Waals surface area (Å²) in [5.41, 5.74) is 4.51. The van der Waals surface area contributed by atoms with Crippen LogP contribution in [0.1, 0.15) is 99.5 Å². The van der Waals surface area contributed by atoms with E-state index in [2.05, 4.69) is 55.0 Å². The molecule has 3 fully saturated rings. The number of carbonyl (C=O) groups is 3. The third-order valence-electron chi connectivity index (χ3n) is 24.6. The SMILES string of the molecule is C=CC(=O)N1CCN2c3nc(=O)n(-c4c(C)ccnc4C(C)C)c4c(F)c(-c5ccccc5O)c(Cl)c(c34)N(C)CC2C1.C=CC(=O)N1CCN2c3nc(=O)n(-c4c(C)ccnc4C(C)C)c4c(F)c(-c5ccccc5O)c(Cl)c(c34)NCC2C1.C=CC(=O)N1CCN2c3nc(=O)n(-c4c(C)ccnc4C(C)C)c4c(F)c(-c5ccccc5O)c(Cl)c(c34)OCCC2C1. The van der Waals surface area contributed by atoms with Crippen LogP contribution in [0.2, 0.25) is 15.1 Å². The van der Waals surface area contributed by atoms with Crippen molar-refractivity contribution < 1.29 is 47.6 Å². The first-order valence-corrected chi connectivity index (χ1v) is 43.2. The lowest BCUT2D eigenvalue weighted by molar-refractivity contribution is -0.127. The number of amides is 3. The Morgan fingerprint density at radius 3 is 1.23 bits per heavy atom. The van der Waals surface area contributed by atoms with Gasteiger partial charge in [0.1, 0.15) is 51.3 Å². The summed E-state index contributed by atoms with van der Waals surface area (Å²) >= 11 is 21.1. The van der Waals surface area contributed by atoms with Gasteiger partial charge >= 0.3 is 17.1 Å². The number of ether oxygens (including phenoxy) is 1. The summed E-state index contributed by atoms with van der Waals surface area (Å²) in [5, 5.41) is 36.8. The fourth-order valence-corrected chi connectivity index (χ4v) is 19.7. The van der Waals surface area contributed by atoms with Gasteiger partial charge in [0.2, 0.25) is 17.7 Å². The zero-order valence-electron chi connectivity index (χ0n) is 72.0. The number of piperazine rings is 3. The van der Waals surface area contributed by atoms with Crippen LogP contribution in [0, 0.1) is 38.2 Å². The van der Waals surface area contributed by atoms with Crippen molar-refractivity contribution in [3.8, 4) is 73.4 Å². The lowest BCUT2D eigenvalue weighted by Crippen LogP contribution is -2.57. The molecule has 0 aliphatic carbocycles. The number of aromatic nitrogens is 9. The molecule has 128 heavy (non-hydrogen) atoms. The Morgan fingerprint density at radius 1 is 0.469 bits per heavy atom. The van der Waals surface area contributed by atoms with E-state index in [-0.39, 0.29) is 159 Å². The van der Waals surface area contributed by atoms with Crippen LogP contribution in [0.3, 0.4) is 0 Å². The number of para-hydroxylation sites is 3. The van der Waals surface area contributed by atoms with E-state index in [0.29, 0.717) is 152 Å². The van der Waals surface area contributed by atoms with Crippen molar-refractivity contribution in [3.05, 3.63) is 245 Å². The second-order valence-electron chi connectivity index (χ2n) is 33.4. The number of halogens is 6. The second-order valence-corrected chi connectivity index (χ2v) is 34.5. The van der Waals surface area contributed by atoms with Gasteiger partial charge in [0.05, 0.1) is 101 Å². The van der Waals surface area contributed by atoms with Crippen molar-refractivity contribution in [2.24, 2.45) is 0 Å². The number of aryl methyl sites for hydroxylation is 3. The minimum absolute atomic E-state index is 0.00255. The smallest absolute Gasteiger partial charge is 0.354 e. The molecule has 0 bridgehead atoms. The molecule has 3 saturated heterocycles. The van der Waals surface area contributed by atoms with Crippen LogP contribution in [-0.4, -0.2) is 195 Å². The van der Waals surface area contributed by atoms with Crippen molar-refractivity contribution >= 4 is 114 Å². The highest BCUT2D eigenvalue weighted by Crippen LogP contribution is 2.54. The van der Waals surface area contributed by atoms with Crippen LogP contribution in [0.15, 0.2) is 162 Å². The predicted molar refractivity (Wildman–Crippen MR) is 494 cm³/mol. The molecule has 12 heterocycles. The molecule has 3 unspecified atom stereocenters. The molecule has 660 valence electrons. The fraction of sp³-hybridized carbons (Fsp3) is 0.305. The Hall–Kier alpha value is -13.3. The maximum absolute atomic E-state index is 17.3. The van der Waals surface area contributed by atoms with Crippen molar-refractivity contribution in [1.82, 2.24) is 58.3 Å². The number of pyridine rings is 3. The van der Waals surface area contributed by atoms with Gasteiger partial charge < -0.3 is 59.7 Å². The summed E-state index contributed by atoms with van der Waals surface area (Å²) in [6, 6.07) is 23.6. The number of nitrogens with zero attached hydrogens (tertiary/aromatic N) is 16.